The van der Waals surface area contributed by atoms with Crippen LogP contribution in [0.4, 0.5) is 0 Å². The molecule has 1 aliphatic carbocycles. The van der Waals surface area contributed by atoms with Crippen LogP contribution in [0, 0.1) is 0 Å². The highest BCUT2D eigenvalue weighted by atomic mass is 35.5. The van der Waals surface area contributed by atoms with Crippen molar-refractivity contribution < 1.29 is 4.42 Å². The minimum absolute atomic E-state index is 0.368. The van der Waals surface area contributed by atoms with Crippen LogP contribution in [-0.4, -0.2) is 17.0 Å². The van der Waals surface area contributed by atoms with Crippen LogP contribution in [0.3, 0.4) is 0 Å². The van der Waals surface area contributed by atoms with Crippen LogP contribution >= 0.6 is 11.6 Å². The highest BCUT2D eigenvalue weighted by Crippen LogP contribution is 2.26. The van der Waals surface area contributed by atoms with Crippen molar-refractivity contribution in [1.29, 1.82) is 0 Å². The lowest BCUT2D eigenvalue weighted by Gasteiger charge is -2.35. The maximum atomic E-state index is 6.12. The van der Waals surface area contributed by atoms with Crippen molar-refractivity contribution in [2.75, 3.05) is 0 Å². The van der Waals surface area contributed by atoms with Crippen LogP contribution in [0.25, 0.3) is 0 Å². The zero-order valence-electron chi connectivity index (χ0n) is 12.7. The van der Waals surface area contributed by atoms with Crippen molar-refractivity contribution >= 4 is 11.6 Å². The SMILES string of the molecule is NC1CCC(N(Cc2cccc(Cl)c2)Cc2ccco2)CC1. The van der Waals surface area contributed by atoms with Gasteiger partial charge in [-0.3, -0.25) is 4.90 Å². The number of nitrogens with zero attached hydrogens (tertiary/aromatic N) is 1. The van der Waals surface area contributed by atoms with Gasteiger partial charge >= 0.3 is 0 Å². The average molecular weight is 319 g/mol. The molecule has 0 unspecified atom stereocenters. The van der Waals surface area contributed by atoms with Crippen molar-refractivity contribution in [1.82, 2.24) is 4.90 Å². The van der Waals surface area contributed by atoms with Gasteiger partial charge in [0, 0.05) is 23.7 Å². The molecule has 1 saturated carbocycles. The summed E-state index contributed by atoms with van der Waals surface area (Å²) >= 11 is 6.12. The number of nitrogens with two attached hydrogens (primary N) is 1. The van der Waals surface area contributed by atoms with E-state index in [9.17, 15) is 0 Å². The molecule has 0 bridgehead atoms. The summed E-state index contributed by atoms with van der Waals surface area (Å²) in [5.74, 6) is 1.01. The van der Waals surface area contributed by atoms with E-state index >= 15 is 0 Å². The van der Waals surface area contributed by atoms with Crippen LogP contribution in [0.1, 0.15) is 37.0 Å². The highest BCUT2D eigenvalue weighted by Gasteiger charge is 2.25. The molecule has 0 atom stereocenters. The van der Waals surface area contributed by atoms with Gasteiger partial charge in [-0.2, -0.15) is 0 Å². The quantitative estimate of drug-likeness (QED) is 0.898. The first-order valence-corrected chi connectivity index (χ1v) is 8.35. The van der Waals surface area contributed by atoms with E-state index in [4.69, 9.17) is 21.8 Å². The molecule has 0 amide bonds. The second-order valence-electron chi connectivity index (χ2n) is 6.18. The number of rotatable bonds is 5. The van der Waals surface area contributed by atoms with E-state index in [0.717, 1.165) is 49.6 Å². The first kappa shape index (κ1) is 15.6. The molecule has 3 nitrogen and oxygen atoms in total. The summed E-state index contributed by atoms with van der Waals surface area (Å²) in [6.45, 7) is 1.72. The van der Waals surface area contributed by atoms with Crippen LogP contribution in [0.15, 0.2) is 47.1 Å². The molecule has 1 aliphatic rings. The third-order valence-electron chi connectivity index (χ3n) is 4.47. The van der Waals surface area contributed by atoms with E-state index in [1.807, 2.05) is 30.3 Å². The van der Waals surface area contributed by atoms with Crippen LogP contribution in [0.5, 0.6) is 0 Å². The zero-order valence-corrected chi connectivity index (χ0v) is 13.5. The van der Waals surface area contributed by atoms with Gasteiger partial charge < -0.3 is 10.2 Å². The van der Waals surface area contributed by atoms with Crippen molar-refractivity contribution in [2.24, 2.45) is 5.73 Å². The van der Waals surface area contributed by atoms with Crippen LogP contribution in [-0.2, 0) is 13.1 Å². The Balaban J connectivity index is 1.73. The molecule has 0 spiro atoms. The Morgan fingerprint density at radius 1 is 1.09 bits per heavy atom. The minimum Gasteiger partial charge on any atom is -0.468 e. The lowest BCUT2D eigenvalue weighted by molar-refractivity contribution is 0.125. The van der Waals surface area contributed by atoms with Gasteiger partial charge in [-0.25, -0.2) is 0 Å². The van der Waals surface area contributed by atoms with Gasteiger partial charge in [0.25, 0.3) is 0 Å². The first-order chi connectivity index (χ1) is 10.7. The van der Waals surface area contributed by atoms with Gasteiger partial charge in [0.15, 0.2) is 0 Å². The van der Waals surface area contributed by atoms with E-state index in [0.29, 0.717) is 12.1 Å². The van der Waals surface area contributed by atoms with Crippen molar-refractivity contribution in [2.45, 2.75) is 50.9 Å². The molecule has 1 fully saturated rings. The predicted molar refractivity (Wildman–Crippen MR) is 89.6 cm³/mol. The lowest BCUT2D eigenvalue weighted by Crippen LogP contribution is -2.40. The first-order valence-electron chi connectivity index (χ1n) is 7.97. The van der Waals surface area contributed by atoms with E-state index in [1.165, 1.54) is 5.56 Å². The molecule has 4 heteroatoms. The lowest BCUT2D eigenvalue weighted by atomic mass is 9.90. The van der Waals surface area contributed by atoms with E-state index in [1.54, 1.807) is 6.26 Å². The third-order valence-corrected chi connectivity index (χ3v) is 4.71. The smallest absolute Gasteiger partial charge is 0.117 e. The molecule has 0 aliphatic heterocycles. The zero-order chi connectivity index (χ0) is 15.4. The second kappa shape index (κ2) is 7.32. The average Bonchev–Trinajstić information content (AvgIpc) is 3.00. The molecule has 0 saturated heterocycles. The predicted octanol–water partition coefficient (Wildman–Crippen LogP) is 4.21. The van der Waals surface area contributed by atoms with E-state index < -0.39 is 0 Å². The second-order valence-corrected chi connectivity index (χ2v) is 6.62. The van der Waals surface area contributed by atoms with Crippen molar-refractivity contribution in [3.63, 3.8) is 0 Å². The van der Waals surface area contributed by atoms with E-state index in [-0.39, 0.29) is 0 Å². The summed E-state index contributed by atoms with van der Waals surface area (Å²) in [5, 5.41) is 0.793. The molecule has 0 radical (unpaired) electrons. The summed E-state index contributed by atoms with van der Waals surface area (Å²) in [4.78, 5) is 2.50. The Labute approximate surface area is 137 Å². The summed E-state index contributed by atoms with van der Waals surface area (Å²) in [7, 11) is 0. The van der Waals surface area contributed by atoms with Gasteiger partial charge in [0.05, 0.1) is 12.8 Å². The molecule has 2 N–H and O–H groups in total. The fourth-order valence-electron chi connectivity index (χ4n) is 3.25. The summed E-state index contributed by atoms with van der Waals surface area (Å²) in [6.07, 6.45) is 6.26. The van der Waals surface area contributed by atoms with Gasteiger partial charge in [0.2, 0.25) is 0 Å². The van der Waals surface area contributed by atoms with Gasteiger partial charge in [-0.1, -0.05) is 23.7 Å². The number of halogens is 1. The molecule has 1 heterocycles. The van der Waals surface area contributed by atoms with E-state index in [2.05, 4.69) is 11.0 Å². The molecular weight excluding hydrogens is 296 g/mol. The fourth-order valence-corrected chi connectivity index (χ4v) is 3.47. The van der Waals surface area contributed by atoms with Crippen molar-refractivity contribution in [3.8, 4) is 0 Å². The maximum Gasteiger partial charge on any atom is 0.117 e. The molecule has 2 aromatic rings. The Hall–Kier alpha value is -1.29. The minimum atomic E-state index is 0.368. The summed E-state index contributed by atoms with van der Waals surface area (Å²) in [6, 6.07) is 13.0. The fraction of sp³-hybridized carbons (Fsp3) is 0.444. The topological polar surface area (TPSA) is 42.4 Å². The Kier molecular flexibility index (Phi) is 5.19. The number of benzene rings is 1. The molecule has 118 valence electrons. The monoisotopic (exact) mass is 318 g/mol. The van der Waals surface area contributed by atoms with Gasteiger partial charge in [-0.15, -0.1) is 0 Å². The Bertz CT molecular complexity index is 577. The number of hydrogen-bond donors (Lipinski definition) is 1. The standard InChI is InChI=1S/C18H23ClN2O/c19-15-4-1-3-14(11-15)12-21(13-18-5-2-10-22-18)17-8-6-16(20)7-9-17/h1-5,10-11,16-17H,6-9,12-13,20H2. The van der Waals surface area contributed by atoms with Crippen LogP contribution < -0.4 is 5.73 Å². The number of furan rings is 1. The molecule has 1 aromatic heterocycles. The number of hydrogen-bond acceptors (Lipinski definition) is 3. The molecule has 22 heavy (non-hydrogen) atoms. The van der Waals surface area contributed by atoms with Crippen LogP contribution in [0.2, 0.25) is 5.02 Å². The Morgan fingerprint density at radius 2 is 1.91 bits per heavy atom. The summed E-state index contributed by atoms with van der Waals surface area (Å²) < 4.78 is 5.54. The Morgan fingerprint density at radius 3 is 2.59 bits per heavy atom. The highest BCUT2D eigenvalue weighted by molar-refractivity contribution is 6.30. The normalized spacial score (nSPS) is 22.1. The summed E-state index contributed by atoms with van der Waals surface area (Å²) in [5.41, 5.74) is 7.30. The molecule has 3 rings (SSSR count). The maximum absolute atomic E-state index is 6.12. The molecule has 1 aromatic carbocycles. The van der Waals surface area contributed by atoms with Crippen molar-refractivity contribution in [3.05, 3.63) is 59.0 Å². The third kappa shape index (κ3) is 4.13. The largest absolute Gasteiger partial charge is 0.468 e. The molecular formula is C18H23ClN2O. The van der Waals surface area contributed by atoms with Gasteiger partial charge in [-0.05, 0) is 55.5 Å². The van der Waals surface area contributed by atoms with Gasteiger partial charge in [0.1, 0.15) is 5.76 Å².